The smallest absolute Gasteiger partial charge is 0.129 e. The summed E-state index contributed by atoms with van der Waals surface area (Å²) >= 11 is 3.20. The second-order valence-corrected chi connectivity index (χ2v) is 4.44. The van der Waals surface area contributed by atoms with Gasteiger partial charge in [-0.05, 0) is 24.3 Å². The highest BCUT2D eigenvalue weighted by molar-refractivity contribution is 9.10. The van der Waals surface area contributed by atoms with Gasteiger partial charge in [-0.2, -0.15) is 0 Å². The van der Waals surface area contributed by atoms with Crippen molar-refractivity contribution in [2.24, 2.45) is 0 Å². The van der Waals surface area contributed by atoms with Gasteiger partial charge in [0.15, 0.2) is 0 Å². The summed E-state index contributed by atoms with van der Waals surface area (Å²) in [5.41, 5.74) is 0.425. The first-order chi connectivity index (χ1) is 8.09. The summed E-state index contributed by atoms with van der Waals surface area (Å²) in [6.45, 7) is 0. The first kappa shape index (κ1) is 12.2. The molecule has 0 heterocycles. The van der Waals surface area contributed by atoms with Gasteiger partial charge in [0.1, 0.15) is 17.7 Å². The van der Waals surface area contributed by atoms with E-state index in [0.717, 1.165) is 0 Å². The lowest BCUT2D eigenvalue weighted by atomic mass is 10.0. The molecule has 2 aromatic carbocycles. The van der Waals surface area contributed by atoms with Crippen LogP contribution in [0.3, 0.4) is 0 Å². The Morgan fingerprint density at radius 3 is 2.41 bits per heavy atom. The Hall–Kier alpha value is -1.26. The van der Waals surface area contributed by atoms with E-state index in [2.05, 4.69) is 15.9 Å². The van der Waals surface area contributed by atoms with Gasteiger partial charge < -0.3 is 5.11 Å². The Kier molecular flexibility index (Phi) is 3.54. The average molecular weight is 299 g/mol. The molecule has 0 saturated heterocycles. The van der Waals surface area contributed by atoms with E-state index in [1.807, 2.05) is 0 Å². The minimum Gasteiger partial charge on any atom is -0.384 e. The summed E-state index contributed by atoms with van der Waals surface area (Å²) in [5.74, 6) is -0.991. The fourth-order valence-corrected chi connectivity index (χ4v) is 2.05. The summed E-state index contributed by atoms with van der Waals surface area (Å²) in [7, 11) is 0. The molecule has 0 amide bonds. The molecule has 0 fully saturated rings. The molecule has 17 heavy (non-hydrogen) atoms. The Balaban J connectivity index is 2.47. The van der Waals surface area contributed by atoms with Crippen LogP contribution in [0.1, 0.15) is 17.2 Å². The van der Waals surface area contributed by atoms with Crippen LogP contribution in [0.5, 0.6) is 0 Å². The predicted molar refractivity (Wildman–Crippen MR) is 64.6 cm³/mol. The van der Waals surface area contributed by atoms with Gasteiger partial charge in [-0.15, -0.1) is 0 Å². The maximum absolute atomic E-state index is 13.5. The van der Waals surface area contributed by atoms with E-state index in [4.69, 9.17) is 0 Å². The molecule has 0 spiro atoms. The molecule has 0 aromatic heterocycles. The van der Waals surface area contributed by atoms with Crippen molar-refractivity contribution in [1.29, 1.82) is 0 Å². The van der Waals surface area contributed by atoms with E-state index >= 15 is 0 Å². The van der Waals surface area contributed by atoms with Crippen LogP contribution in [0.25, 0.3) is 0 Å². The van der Waals surface area contributed by atoms with Crippen molar-refractivity contribution in [3.05, 3.63) is 69.7 Å². The standard InChI is InChI=1S/C13H9BrF2O/c14-11-6-5-8(15)7-10(11)13(17)9-3-1-2-4-12(9)16/h1-7,13,17H. The molecule has 0 aliphatic carbocycles. The molecule has 0 saturated carbocycles. The zero-order chi connectivity index (χ0) is 12.4. The third-order valence-electron chi connectivity index (χ3n) is 2.45. The molecule has 2 rings (SSSR count). The van der Waals surface area contributed by atoms with Gasteiger partial charge in [-0.1, -0.05) is 34.1 Å². The maximum atomic E-state index is 13.5. The van der Waals surface area contributed by atoms with E-state index in [1.54, 1.807) is 6.07 Å². The quantitative estimate of drug-likeness (QED) is 0.894. The van der Waals surface area contributed by atoms with Gasteiger partial charge in [-0.3, -0.25) is 0 Å². The molecular formula is C13H9BrF2O. The van der Waals surface area contributed by atoms with Gasteiger partial charge in [0, 0.05) is 15.6 Å². The van der Waals surface area contributed by atoms with Crippen molar-refractivity contribution in [3.63, 3.8) is 0 Å². The van der Waals surface area contributed by atoms with Gasteiger partial charge in [0.2, 0.25) is 0 Å². The van der Waals surface area contributed by atoms with Gasteiger partial charge in [-0.25, -0.2) is 8.78 Å². The van der Waals surface area contributed by atoms with Crippen LogP contribution in [0.2, 0.25) is 0 Å². The highest BCUT2D eigenvalue weighted by atomic mass is 79.9. The fraction of sp³-hybridized carbons (Fsp3) is 0.0769. The molecule has 0 aliphatic heterocycles. The van der Waals surface area contributed by atoms with E-state index in [1.165, 1.54) is 36.4 Å². The highest BCUT2D eigenvalue weighted by Crippen LogP contribution is 2.30. The van der Waals surface area contributed by atoms with E-state index < -0.39 is 17.7 Å². The monoisotopic (exact) mass is 298 g/mol. The first-order valence-corrected chi connectivity index (χ1v) is 5.76. The molecule has 4 heteroatoms. The second-order valence-electron chi connectivity index (χ2n) is 3.59. The third-order valence-corrected chi connectivity index (χ3v) is 3.17. The van der Waals surface area contributed by atoms with E-state index in [-0.39, 0.29) is 5.56 Å². The topological polar surface area (TPSA) is 20.2 Å². The summed E-state index contributed by atoms with van der Waals surface area (Å²) in [6, 6.07) is 9.81. The van der Waals surface area contributed by atoms with Crippen LogP contribution in [0.15, 0.2) is 46.9 Å². The summed E-state index contributed by atoms with van der Waals surface area (Å²) in [5, 5.41) is 10.0. The number of benzene rings is 2. The predicted octanol–water partition coefficient (Wildman–Crippen LogP) is 3.81. The van der Waals surface area contributed by atoms with Crippen molar-refractivity contribution < 1.29 is 13.9 Å². The largest absolute Gasteiger partial charge is 0.384 e. The van der Waals surface area contributed by atoms with Crippen molar-refractivity contribution >= 4 is 15.9 Å². The number of hydrogen-bond acceptors (Lipinski definition) is 1. The molecule has 1 N–H and O–H groups in total. The van der Waals surface area contributed by atoms with Gasteiger partial charge >= 0.3 is 0 Å². The molecule has 0 bridgehead atoms. The lowest BCUT2D eigenvalue weighted by Crippen LogP contribution is -2.03. The number of hydrogen-bond donors (Lipinski definition) is 1. The number of aliphatic hydroxyl groups is 1. The molecule has 0 radical (unpaired) electrons. The van der Waals surface area contributed by atoms with Gasteiger partial charge in [0.25, 0.3) is 0 Å². The van der Waals surface area contributed by atoms with Crippen LogP contribution in [-0.2, 0) is 0 Å². The van der Waals surface area contributed by atoms with Crippen LogP contribution in [0.4, 0.5) is 8.78 Å². The molecule has 2 aromatic rings. The van der Waals surface area contributed by atoms with Crippen molar-refractivity contribution in [2.45, 2.75) is 6.10 Å². The third kappa shape index (κ3) is 2.53. The zero-order valence-corrected chi connectivity index (χ0v) is 10.3. The molecule has 88 valence electrons. The van der Waals surface area contributed by atoms with E-state index in [9.17, 15) is 13.9 Å². The average Bonchev–Trinajstić information content (AvgIpc) is 2.32. The molecule has 1 atom stereocenters. The lowest BCUT2D eigenvalue weighted by molar-refractivity contribution is 0.213. The molecular weight excluding hydrogens is 290 g/mol. The lowest BCUT2D eigenvalue weighted by Gasteiger charge is -2.14. The minimum absolute atomic E-state index is 0.124. The maximum Gasteiger partial charge on any atom is 0.129 e. The summed E-state index contributed by atoms with van der Waals surface area (Å²) in [6.07, 6.45) is -1.19. The molecule has 1 unspecified atom stereocenters. The van der Waals surface area contributed by atoms with Crippen LogP contribution in [0, 0.1) is 11.6 Å². The SMILES string of the molecule is OC(c1ccccc1F)c1cc(F)ccc1Br. The molecule has 0 aliphatic rings. The highest BCUT2D eigenvalue weighted by Gasteiger charge is 2.17. The zero-order valence-electron chi connectivity index (χ0n) is 8.70. The first-order valence-electron chi connectivity index (χ1n) is 4.97. The Morgan fingerprint density at radius 1 is 1.00 bits per heavy atom. The number of rotatable bonds is 2. The van der Waals surface area contributed by atoms with Crippen molar-refractivity contribution in [3.8, 4) is 0 Å². The van der Waals surface area contributed by atoms with Crippen LogP contribution in [-0.4, -0.2) is 5.11 Å². The Bertz CT molecular complexity index is 543. The van der Waals surface area contributed by atoms with Crippen LogP contribution < -0.4 is 0 Å². The fourth-order valence-electron chi connectivity index (χ4n) is 1.59. The number of aliphatic hydroxyl groups excluding tert-OH is 1. The molecule has 1 nitrogen and oxygen atoms in total. The normalized spacial score (nSPS) is 12.5. The summed E-state index contributed by atoms with van der Waals surface area (Å²) < 4.78 is 27.1. The summed E-state index contributed by atoms with van der Waals surface area (Å²) in [4.78, 5) is 0. The van der Waals surface area contributed by atoms with Crippen LogP contribution >= 0.6 is 15.9 Å². The Morgan fingerprint density at radius 2 is 1.71 bits per heavy atom. The Labute approximate surface area is 106 Å². The minimum atomic E-state index is -1.19. The van der Waals surface area contributed by atoms with Gasteiger partial charge in [0.05, 0.1) is 0 Å². The van der Waals surface area contributed by atoms with Crippen molar-refractivity contribution in [1.82, 2.24) is 0 Å². The number of halogens is 3. The van der Waals surface area contributed by atoms with Crippen molar-refractivity contribution in [2.75, 3.05) is 0 Å². The van der Waals surface area contributed by atoms with E-state index in [0.29, 0.717) is 10.0 Å². The second kappa shape index (κ2) is 4.94.